The second kappa shape index (κ2) is 13.9. The lowest BCUT2D eigenvalue weighted by molar-refractivity contribution is -0.0412. The molecule has 0 fully saturated rings. The molecule has 1 atom stereocenters. The van der Waals surface area contributed by atoms with Crippen LogP contribution in [0.4, 0.5) is 11.6 Å². The number of carbonyl (C=O) groups excluding carboxylic acids is 2. The predicted octanol–water partition coefficient (Wildman–Crippen LogP) is 3.21. The number of benzene rings is 2. The van der Waals surface area contributed by atoms with Gasteiger partial charge in [0.1, 0.15) is 34.2 Å². The van der Waals surface area contributed by atoms with Crippen molar-refractivity contribution in [2.75, 3.05) is 18.6 Å². The van der Waals surface area contributed by atoms with E-state index in [1.54, 1.807) is 27.0 Å². The fraction of sp³-hybridized carbons (Fsp3) is 0.323. The topological polar surface area (TPSA) is 245 Å². The molecule has 3 heterocycles. The summed E-state index contributed by atoms with van der Waals surface area (Å²) in [4.78, 5) is 34.8. The number of hydrogen-bond donors (Lipinski definition) is 6. The molecule has 1 amide bonds. The molecule has 0 spiro atoms. The van der Waals surface area contributed by atoms with Crippen LogP contribution in [0.2, 0.25) is 5.15 Å². The first-order valence-electron chi connectivity index (χ1n) is 14.0. The van der Waals surface area contributed by atoms with Gasteiger partial charge in [0.25, 0.3) is 0 Å². The van der Waals surface area contributed by atoms with Crippen LogP contribution in [-0.4, -0.2) is 62.2 Å². The van der Waals surface area contributed by atoms with E-state index >= 15 is 0 Å². The second-order valence-corrected chi connectivity index (χ2v) is 12.0. The van der Waals surface area contributed by atoms with E-state index in [2.05, 4.69) is 15.0 Å². The Bertz CT molecular complexity index is 1770. The van der Waals surface area contributed by atoms with E-state index in [4.69, 9.17) is 48.7 Å². The van der Waals surface area contributed by atoms with Gasteiger partial charge in [-0.3, -0.25) is 9.59 Å². The Morgan fingerprint density at radius 2 is 1.77 bits per heavy atom. The lowest BCUT2D eigenvalue weighted by Crippen LogP contribution is -2.46. The summed E-state index contributed by atoms with van der Waals surface area (Å²) in [6, 6.07) is 6.72. The highest BCUT2D eigenvalue weighted by atomic mass is 35.5. The molecule has 2 aliphatic rings. The van der Waals surface area contributed by atoms with Crippen LogP contribution >= 0.6 is 24.0 Å². The fourth-order valence-electron chi connectivity index (χ4n) is 4.79. The molecule has 0 aliphatic carbocycles. The number of methoxy groups -OCH3 is 1. The van der Waals surface area contributed by atoms with Crippen molar-refractivity contribution in [2.24, 2.45) is 16.5 Å². The number of aliphatic hydroxyl groups is 1. The SMILES string of the molecule is COc1c(CC(=O)c2cc3c(cc2O)OC(C)(C)C(O)C3)ccc2c1C=CC(C)(C)O2.Cl.NC(N)=NC(=O)c1nc(Cl)c(N)nc1N. The Kier molecular flexibility index (Phi) is 10.9. The highest BCUT2D eigenvalue weighted by Crippen LogP contribution is 2.41. The molecule has 1 unspecified atom stereocenters. The van der Waals surface area contributed by atoms with Gasteiger partial charge in [0.05, 0.1) is 24.3 Å². The standard InChI is InChI=1S/C25H28O6.C6H8ClN7O.ClH/c1-24(2)9-8-16-20(30-24)7-6-14(23(16)29-5)11-18(26)17-10-15-12-22(28)25(3,4)31-21(15)13-19(17)27;7-2-4(9)13-3(8)1(12-2)5(15)14-6(10)11;/h6-10,13,22,27-28H,11-12H2,1-5H3;(H4,8,9,13)(H4,10,11,14,15);1H. The third-order valence-corrected chi connectivity index (χ3v) is 7.50. The molecule has 252 valence electrons. The number of nitrogen functional groups attached to an aromatic ring is 2. The van der Waals surface area contributed by atoms with Crippen LogP contribution in [0, 0.1) is 0 Å². The molecule has 2 aromatic carbocycles. The Morgan fingerprint density at radius 3 is 2.40 bits per heavy atom. The van der Waals surface area contributed by atoms with Crippen LogP contribution in [0.5, 0.6) is 23.0 Å². The molecule has 0 saturated heterocycles. The third kappa shape index (κ3) is 8.14. The van der Waals surface area contributed by atoms with E-state index in [1.165, 1.54) is 6.07 Å². The van der Waals surface area contributed by atoms with Gasteiger partial charge in [-0.1, -0.05) is 17.7 Å². The minimum absolute atomic E-state index is 0. The first-order chi connectivity index (χ1) is 21.4. The number of anilines is 2. The van der Waals surface area contributed by atoms with E-state index in [0.717, 1.165) is 5.56 Å². The summed E-state index contributed by atoms with van der Waals surface area (Å²) in [5.41, 5.74) is 21.7. The van der Waals surface area contributed by atoms with E-state index < -0.39 is 29.2 Å². The lowest BCUT2D eigenvalue weighted by atomic mass is 9.89. The van der Waals surface area contributed by atoms with E-state index in [-0.39, 0.29) is 58.4 Å². The van der Waals surface area contributed by atoms with Crippen LogP contribution in [0.3, 0.4) is 0 Å². The summed E-state index contributed by atoms with van der Waals surface area (Å²) in [5.74, 6) is -0.128. The number of nitrogens with two attached hydrogens (primary N) is 4. The number of phenols is 1. The van der Waals surface area contributed by atoms with E-state index in [9.17, 15) is 19.8 Å². The lowest BCUT2D eigenvalue weighted by Gasteiger charge is -2.37. The number of aliphatic hydroxyl groups excluding tert-OH is 1. The van der Waals surface area contributed by atoms with Crippen molar-refractivity contribution in [3.8, 4) is 23.0 Å². The Hall–Kier alpha value is -4.79. The zero-order valence-corrected chi connectivity index (χ0v) is 27.9. The van der Waals surface area contributed by atoms with Crippen LogP contribution in [-0.2, 0) is 12.8 Å². The highest BCUT2D eigenvalue weighted by molar-refractivity contribution is 6.31. The molecular formula is C31H37Cl2N7O7. The second-order valence-electron chi connectivity index (χ2n) is 11.7. The van der Waals surface area contributed by atoms with E-state index in [0.29, 0.717) is 34.8 Å². The van der Waals surface area contributed by atoms with Gasteiger partial charge in [0.15, 0.2) is 34.2 Å². The molecule has 0 saturated carbocycles. The molecule has 16 heteroatoms. The first kappa shape index (κ1) is 36.7. The number of aromatic hydroxyl groups is 1. The fourth-order valence-corrected chi connectivity index (χ4v) is 4.92. The zero-order chi connectivity index (χ0) is 34.1. The van der Waals surface area contributed by atoms with Crippen LogP contribution < -0.4 is 37.1 Å². The molecule has 14 nitrogen and oxygen atoms in total. The number of nitrogens with zero attached hydrogens (tertiary/aromatic N) is 3. The van der Waals surface area contributed by atoms with Crippen LogP contribution in [0.25, 0.3) is 6.08 Å². The van der Waals surface area contributed by atoms with Gasteiger partial charge in [-0.2, -0.15) is 4.99 Å². The van der Waals surface area contributed by atoms with Gasteiger partial charge in [-0.25, -0.2) is 9.97 Å². The number of fused-ring (bicyclic) bond motifs is 2. The highest BCUT2D eigenvalue weighted by Gasteiger charge is 2.36. The summed E-state index contributed by atoms with van der Waals surface area (Å²) in [5, 5.41) is 20.7. The van der Waals surface area contributed by atoms with Crippen molar-refractivity contribution >= 4 is 59.4 Å². The number of rotatable bonds is 5. The van der Waals surface area contributed by atoms with Crippen LogP contribution in [0.1, 0.15) is 65.2 Å². The first-order valence-corrected chi connectivity index (χ1v) is 14.4. The number of guanidine groups is 1. The number of halogens is 2. The summed E-state index contributed by atoms with van der Waals surface area (Å²) in [6.07, 6.45) is 3.59. The summed E-state index contributed by atoms with van der Waals surface area (Å²) < 4.78 is 17.4. The molecule has 0 bridgehead atoms. The van der Waals surface area contributed by atoms with Gasteiger partial charge >= 0.3 is 5.91 Å². The van der Waals surface area contributed by atoms with Gasteiger partial charge in [-0.05, 0) is 57.5 Å². The quantitative estimate of drug-likeness (QED) is 0.128. The minimum atomic E-state index is -0.832. The van der Waals surface area contributed by atoms with Crippen molar-refractivity contribution < 1.29 is 34.0 Å². The molecule has 1 aromatic heterocycles. The molecule has 3 aromatic rings. The monoisotopic (exact) mass is 689 g/mol. The number of carbonyl (C=O) groups is 2. The van der Waals surface area contributed by atoms with Gasteiger partial charge in [-0.15, -0.1) is 12.4 Å². The molecular weight excluding hydrogens is 653 g/mol. The van der Waals surface area contributed by atoms with Gasteiger partial charge < -0.3 is 47.4 Å². The van der Waals surface area contributed by atoms with Crippen molar-refractivity contribution in [3.63, 3.8) is 0 Å². The maximum atomic E-state index is 13.1. The number of Topliss-reactive ketones (excluding diaryl/α,β-unsaturated/α-hetero) is 1. The average Bonchev–Trinajstić information content (AvgIpc) is 2.95. The Morgan fingerprint density at radius 1 is 1.09 bits per heavy atom. The van der Waals surface area contributed by atoms with Crippen molar-refractivity contribution in [1.29, 1.82) is 0 Å². The number of phenolic OH excluding ortho intramolecular Hbond substituents is 1. The van der Waals surface area contributed by atoms with Crippen molar-refractivity contribution in [3.05, 3.63) is 63.4 Å². The third-order valence-electron chi connectivity index (χ3n) is 7.22. The molecule has 5 rings (SSSR count). The Labute approximate surface area is 282 Å². The summed E-state index contributed by atoms with van der Waals surface area (Å²) >= 11 is 5.55. The number of hydrogen-bond acceptors (Lipinski definition) is 11. The van der Waals surface area contributed by atoms with Crippen molar-refractivity contribution in [1.82, 2.24) is 9.97 Å². The van der Waals surface area contributed by atoms with Gasteiger partial charge in [0.2, 0.25) is 0 Å². The van der Waals surface area contributed by atoms with Gasteiger partial charge in [0, 0.05) is 24.5 Å². The average molecular weight is 691 g/mol. The number of amides is 1. The maximum absolute atomic E-state index is 13.1. The predicted molar refractivity (Wildman–Crippen MR) is 181 cm³/mol. The number of ether oxygens (including phenoxy) is 3. The summed E-state index contributed by atoms with van der Waals surface area (Å²) in [6.45, 7) is 7.52. The summed E-state index contributed by atoms with van der Waals surface area (Å²) in [7, 11) is 1.56. The van der Waals surface area contributed by atoms with Crippen molar-refractivity contribution in [2.45, 2.75) is 57.8 Å². The molecule has 47 heavy (non-hydrogen) atoms. The minimum Gasteiger partial charge on any atom is -0.507 e. The molecule has 0 radical (unpaired) electrons. The van der Waals surface area contributed by atoms with Crippen LogP contribution in [0.15, 0.2) is 35.3 Å². The number of aliphatic imine (C=N–C) groups is 1. The molecule has 10 N–H and O–H groups in total. The normalized spacial score (nSPS) is 16.4. The largest absolute Gasteiger partial charge is 0.507 e. The maximum Gasteiger partial charge on any atom is 0.302 e. The number of aromatic nitrogens is 2. The zero-order valence-electron chi connectivity index (χ0n) is 26.3. The van der Waals surface area contributed by atoms with E-state index in [1.807, 2.05) is 38.1 Å². The molecule has 2 aliphatic heterocycles. The smallest absolute Gasteiger partial charge is 0.302 e. The number of ketones is 1. The Balaban J connectivity index is 0.000000318.